The summed E-state index contributed by atoms with van der Waals surface area (Å²) in [5.41, 5.74) is 5.33. The number of hydrogen-bond donors (Lipinski definition) is 1. The summed E-state index contributed by atoms with van der Waals surface area (Å²) in [6.45, 7) is 6.31. The van der Waals surface area contributed by atoms with Crippen LogP contribution in [0.15, 0.2) is 59.5 Å². The quantitative estimate of drug-likeness (QED) is 0.659. The van der Waals surface area contributed by atoms with Crippen LogP contribution >= 0.6 is 0 Å². The van der Waals surface area contributed by atoms with Gasteiger partial charge in [-0.25, -0.2) is 13.1 Å². The summed E-state index contributed by atoms with van der Waals surface area (Å²) in [6, 6.07) is 17.6. The van der Waals surface area contributed by atoms with Crippen molar-refractivity contribution < 1.29 is 8.42 Å². The number of piperazine rings is 1. The van der Waals surface area contributed by atoms with Gasteiger partial charge in [0.25, 0.3) is 0 Å². The van der Waals surface area contributed by atoms with Crippen LogP contribution in [0.4, 0.5) is 5.69 Å². The molecular formula is C26H31N3O2S. The summed E-state index contributed by atoms with van der Waals surface area (Å²) >= 11 is 0. The second-order valence-electron chi connectivity index (χ2n) is 9.22. The molecule has 168 valence electrons. The molecule has 1 N–H and O–H groups in total. The van der Waals surface area contributed by atoms with Crippen LogP contribution in [0.3, 0.4) is 0 Å². The first-order chi connectivity index (χ1) is 15.4. The zero-order valence-electron chi connectivity index (χ0n) is 18.8. The molecular weight excluding hydrogens is 418 g/mol. The minimum Gasteiger partial charge on any atom is -0.369 e. The van der Waals surface area contributed by atoms with Gasteiger partial charge in [0, 0.05) is 37.9 Å². The van der Waals surface area contributed by atoms with Gasteiger partial charge in [0.05, 0.1) is 4.90 Å². The number of anilines is 1. The van der Waals surface area contributed by atoms with E-state index in [0.29, 0.717) is 4.90 Å². The van der Waals surface area contributed by atoms with Gasteiger partial charge < -0.3 is 9.80 Å². The van der Waals surface area contributed by atoms with Crippen LogP contribution in [0.2, 0.25) is 0 Å². The molecule has 0 unspecified atom stereocenters. The molecule has 0 aromatic heterocycles. The fourth-order valence-corrected chi connectivity index (χ4v) is 6.41. The molecule has 0 saturated carbocycles. The van der Waals surface area contributed by atoms with E-state index in [2.05, 4.69) is 40.6 Å². The predicted octanol–water partition coefficient (Wildman–Crippen LogP) is 3.74. The molecule has 1 heterocycles. The Hall–Kier alpha value is -2.41. The maximum absolute atomic E-state index is 13.2. The lowest BCUT2D eigenvalue weighted by Crippen LogP contribution is -2.45. The summed E-state index contributed by atoms with van der Waals surface area (Å²) in [4.78, 5) is 5.17. The van der Waals surface area contributed by atoms with E-state index in [1.165, 1.54) is 22.4 Å². The fourth-order valence-electron chi connectivity index (χ4n) is 5.11. The normalized spacial score (nSPS) is 19.8. The van der Waals surface area contributed by atoms with Crippen LogP contribution in [0.1, 0.15) is 23.1 Å². The average molecular weight is 450 g/mol. The van der Waals surface area contributed by atoms with Crippen molar-refractivity contribution in [2.75, 3.05) is 38.1 Å². The Bertz CT molecular complexity index is 1250. The number of sulfonamides is 1. The summed E-state index contributed by atoms with van der Waals surface area (Å²) in [5.74, 6) is 0. The Morgan fingerprint density at radius 3 is 2.44 bits per heavy atom. The van der Waals surface area contributed by atoms with Gasteiger partial charge in [-0.1, -0.05) is 36.4 Å². The number of fused-ring (bicyclic) bond motifs is 2. The predicted molar refractivity (Wildman–Crippen MR) is 131 cm³/mol. The lowest BCUT2D eigenvalue weighted by Gasteiger charge is -2.37. The minimum atomic E-state index is -3.58. The van der Waals surface area contributed by atoms with Crippen molar-refractivity contribution in [3.8, 4) is 0 Å². The van der Waals surface area contributed by atoms with Gasteiger partial charge in [-0.05, 0) is 78.9 Å². The number of likely N-dealkylation sites (N-methyl/N-ethyl adjacent to an activating group) is 1. The molecule has 1 aliphatic carbocycles. The fraction of sp³-hybridized carbons (Fsp3) is 0.385. The lowest BCUT2D eigenvalue weighted by molar-refractivity contribution is 0.312. The van der Waals surface area contributed by atoms with E-state index in [1.807, 2.05) is 30.3 Å². The Kier molecular flexibility index (Phi) is 5.70. The molecule has 0 radical (unpaired) electrons. The second-order valence-corrected chi connectivity index (χ2v) is 10.9. The zero-order chi connectivity index (χ0) is 22.3. The summed E-state index contributed by atoms with van der Waals surface area (Å²) in [5, 5.41) is 1.99. The third-order valence-electron chi connectivity index (χ3n) is 7.03. The van der Waals surface area contributed by atoms with Crippen LogP contribution < -0.4 is 9.62 Å². The highest BCUT2D eigenvalue weighted by molar-refractivity contribution is 7.89. The third kappa shape index (κ3) is 4.15. The molecule has 1 fully saturated rings. The van der Waals surface area contributed by atoms with Gasteiger partial charge in [0.1, 0.15) is 0 Å². The molecule has 5 rings (SSSR count). The Labute approximate surface area is 191 Å². The number of hydrogen-bond acceptors (Lipinski definition) is 4. The molecule has 0 bridgehead atoms. The van der Waals surface area contributed by atoms with E-state index < -0.39 is 10.0 Å². The van der Waals surface area contributed by atoms with Crippen molar-refractivity contribution in [2.24, 2.45) is 0 Å². The first-order valence-electron chi connectivity index (χ1n) is 11.5. The number of nitrogens with zero attached hydrogens (tertiary/aromatic N) is 2. The highest BCUT2D eigenvalue weighted by Gasteiger charge is 2.28. The number of nitrogens with one attached hydrogen (secondary N) is 1. The lowest BCUT2D eigenvalue weighted by atomic mass is 9.84. The first kappa shape index (κ1) is 21.4. The second kappa shape index (κ2) is 8.50. The SMILES string of the molecule is Cc1ccc(N2CCN(C)CC2)c2c1CC[C@@H](NS(=O)(=O)c1ccc3ccccc3c1)C2. The van der Waals surface area contributed by atoms with Gasteiger partial charge in [0.15, 0.2) is 0 Å². The highest BCUT2D eigenvalue weighted by Crippen LogP contribution is 2.34. The Morgan fingerprint density at radius 1 is 0.906 bits per heavy atom. The van der Waals surface area contributed by atoms with Crippen molar-refractivity contribution in [2.45, 2.75) is 37.1 Å². The van der Waals surface area contributed by atoms with E-state index in [4.69, 9.17) is 0 Å². The molecule has 0 spiro atoms. The van der Waals surface area contributed by atoms with Crippen molar-refractivity contribution >= 4 is 26.5 Å². The van der Waals surface area contributed by atoms with Crippen LogP contribution in [0, 0.1) is 6.92 Å². The Balaban J connectivity index is 1.40. The molecule has 1 aliphatic heterocycles. The minimum absolute atomic E-state index is 0.0908. The van der Waals surface area contributed by atoms with Gasteiger partial charge in [-0.15, -0.1) is 0 Å². The molecule has 2 aliphatic rings. The zero-order valence-corrected chi connectivity index (χ0v) is 19.7. The van der Waals surface area contributed by atoms with Crippen LogP contribution in [-0.2, 0) is 22.9 Å². The third-order valence-corrected chi connectivity index (χ3v) is 8.55. The van der Waals surface area contributed by atoms with Crippen LogP contribution in [0.5, 0.6) is 0 Å². The van der Waals surface area contributed by atoms with E-state index in [9.17, 15) is 8.42 Å². The Morgan fingerprint density at radius 2 is 1.66 bits per heavy atom. The van der Waals surface area contributed by atoms with Crippen molar-refractivity contribution in [3.05, 3.63) is 71.3 Å². The highest BCUT2D eigenvalue weighted by atomic mass is 32.2. The van der Waals surface area contributed by atoms with Crippen molar-refractivity contribution in [1.82, 2.24) is 9.62 Å². The van der Waals surface area contributed by atoms with E-state index in [1.54, 1.807) is 12.1 Å². The van der Waals surface area contributed by atoms with Gasteiger partial charge in [0.2, 0.25) is 10.0 Å². The molecule has 3 aromatic carbocycles. The molecule has 6 heteroatoms. The standard InChI is InChI=1S/C26H31N3O2S/c1-19-7-12-26(29-15-13-28(2)14-16-29)25-18-22(9-11-24(19)25)27-32(30,31)23-10-8-20-5-3-4-6-21(20)17-23/h3-8,10,12,17,22,27H,9,11,13-16,18H2,1-2H3/t22-/m1/s1. The van der Waals surface area contributed by atoms with Gasteiger partial charge >= 0.3 is 0 Å². The van der Waals surface area contributed by atoms with Crippen molar-refractivity contribution in [3.63, 3.8) is 0 Å². The maximum atomic E-state index is 13.2. The number of benzene rings is 3. The van der Waals surface area contributed by atoms with Gasteiger partial charge in [-0.3, -0.25) is 0 Å². The molecule has 0 amide bonds. The largest absolute Gasteiger partial charge is 0.369 e. The number of aryl methyl sites for hydroxylation is 1. The van der Waals surface area contributed by atoms with Gasteiger partial charge in [-0.2, -0.15) is 0 Å². The van der Waals surface area contributed by atoms with Crippen LogP contribution in [-0.4, -0.2) is 52.6 Å². The molecule has 1 saturated heterocycles. The summed E-state index contributed by atoms with van der Waals surface area (Å²) in [7, 11) is -1.41. The molecule has 3 aromatic rings. The summed E-state index contributed by atoms with van der Waals surface area (Å²) in [6.07, 6.45) is 2.48. The van der Waals surface area contributed by atoms with Crippen LogP contribution in [0.25, 0.3) is 10.8 Å². The average Bonchev–Trinajstić information content (AvgIpc) is 2.79. The van der Waals surface area contributed by atoms with E-state index in [-0.39, 0.29) is 6.04 Å². The van der Waals surface area contributed by atoms with E-state index >= 15 is 0 Å². The van der Waals surface area contributed by atoms with E-state index in [0.717, 1.165) is 56.2 Å². The molecule has 32 heavy (non-hydrogen) atoms. The molecule has 5 nitrogen and oxygen atoms in total. The maximum Gasteiger partial charge on any atom is 0.240 e. The first-order valence-corrected chi connectivity index (χ1v) is 12.9. The number of rotatable bonds is 4. The molecule has 1 atom stereocenters. The monoisotopic (exact) mass is 449 g/mol. The smallest absolute Gasteiger partial charge is 0.240 e. The van der Waals surface area contributed by atoms with Crippen molar-refractivity contribution in [1.29, 1.82) is 0 Å². The topological polar surface area (TPSA) is 52.6 Å². The summed E-state index contributed by atoms with van der Waals surface area (Å²) < 4.78 is 29.5.